The van der Waals surface area contributed by atoms with Crippen molar-refractivity contribution in [2.24, 2.45) is 0 Å². The van der Waals surface area contributed by atoms with Gasteiger partial charge in [-0.3, -0.25) is 9.80 Å². The van der Waals surface area contributed by atoms with Gasteiger partial charge in [-0.2, -0.15) is 9.97 Å². The highest BCUT2D eigenvalue weighted by atomic mass is 16.5. The van der Waals surface area contributed by atoms with E-state index in [2.05, 4.69) is 43.8 Å². The lowest BCUT2D eigenvalue weighted by atomic mass is 10.3. The molecule has 0 radical (unpaired) electrons. The first kappa shape index (κ1) is 21.2. The van der Waals surface area contributed by atoms with E-state index in [1.165, 1.54) is 0 Å². The molecule has 30 heavy (non-hydrogen) atoms. The summed E-state index contributed by atoms with van der Waals surface area (Å²) in [4.78, 5) is 18.9. The van der Waals surface area contributed by atoms with E-state index in [9.17, 15) is 0 Å². The number of fused-ring (bicyclic) bond motifs is 1. The molecule has 4 heterocycles. The molecular weight excluding hydrogens is 384 g/mol. The van der Waals surface area contributed by atoms with Crippen LogP contribution >= 0.6 is 0 Å². The van der Waals surface area contributed by atoms with Crippen LogP contribution in [0.25, 0.3) is 11.2 Å². The molecule has 0 aromatic carbocycles. The Morgan fingerprint density at radius 2 is 1.50 bits per heavy atom. The molecule has 166 valence electrons. The maximum Gasteiger partial charge on any atom is 0.226 e. The summed E-state index contributed by atoms with van der Waals surface area (Å²) in [5.41, 5.74) is 1.69. The lowest BCUT2D eigenvalue weighted by Crippen LogP contribution is -2.39. The molecule has 0 atom stereocenters. The average Bonchev–Trinajstić information content (AvgIpc) is 3.20. The van der Waals surface area contributed by atoms with E-state index in [4.69, 9.17) is 19.4 Å². The zero-order chi connectivity index (χ0) is 20.8. The number of anilines is 2. The third-order valence-electron chi connectivity index (χ3n) is 5.62. The van der Waals surface area contributed by atoms with E-state index in [1.54, 1.807) is 0 Å². The van der Waals surface area contributed by atoms with Gasteiger partial charge in [0.15, 0.2) is 17.0 Å². The van der Waals surface area contributed by atoms with Crippen LogP contribution in [0.3, 0.4) is 0 Å². The molecule has 2 saturated heterocycles. The summed E-state index contributed by atoms with van der Waals surface area (Å²) in [5.74, 6) is 1.44. The Hall–Kier alpha value is -2.01. The quantitative estimate of drug-likeness (QED) is 0.616. The smallest absolute Gasteiger partial charge is 0.226 e. The number of nitrogens with zero attached hydrogens (tertiary/aromatic N) is 6. The van der Waals surface area contributed by atoms with Crippen molar-refractivity contribution in [3.05, 3.63) is 6.33 Å². The van der Waals surface area contributed by atoms with Gasteiger partial charge in [0.25, 0.3) is 0 Å². The zero-order valence-electron chi connectivity index (χ0n) is 18.1. The number of rotatable bonds is 9. The Kier molecular flexibility index (Phi) is 7.32. The molecule has 4 rings (SSSR count). The van der Waals surface area contributed by atoms with E-state index in [0.29, 0.717) is 5.95 Å². The fourth-order valence-electron chi connectivity index (χ4n) is 3.80. The molecule has 10 heteroatoms. The number of aromatic nitrogens is 4. The van der Waals surface area contributed by atoms with E-state index < -0.39 is 0 Å². The molecule has 0 saturated carbocycles. The minimum absolute atomic E-state index is 0.285. The highest BCUT2D eigenvalue weighted by Crippen LogP contribution is 2.23. The van der Waals surface area contributed by atoms with Crippen LogP contribution in [-0.4, -0.2) is 108 Å². The highest BCUT2D eigenvalue weighted by molar-refractivity contribution is 5.84. The van der Waals surface area contributed by atoms with Gasteiger partial charge in [0, 0.05) is 58.4 Å². The summed E-state index contributed by atoms with van der Waals surface area (Å²) in [6, 6.07) is 0.285. The van der Waals surface area contributed by atoms with E-state index in [1.807, 2.05) is 6.33 Å². The third-order valence-corrected chi connectivity index (χ3v) is 5.62. The second-order valence-corrected chi connectivity index (χ2v) is 8.08. The van der Waals surface area contributed by atoms with Crippen molar-refractivity contribution < 1.29 is 9.47 Å². The Morgan fingerprint density at radius 1 is 0.900 bits per heavy atom. The van der Waals surface area contributed by atoms with Crippen LogP contribution in [0.15, 0.2) is 6.33 Å². The highest BCUT2D eigenvalue weighted by Gasteiger charge is 2.16. The predicted molar refractivity (Wildman–Crippen MR) is 117 cm³/mol. The fourth-order valence-corrected chi connectivity index (χ4v) is 3.80. The minimum Gasteiger partial charge on any atom is -0.379 e. The van der Waals surface area contributed by atoms with Crippen molar-refractivity contribution in [3.63, 3.8) is 0 Å². The summed E-state index contributed by atoms with van der Waals surface area (Å²) in [5, 5.41) is 6.90. The molecule has 2 aliphatic heterocycles. The lowest BCUT2D eigenvalue weighted by Gasteiger charge is -2.26. The molecule has 2 N–H and O–H groups in total. The number of hydrogen-bond acceptors (Lipinski definition) is 9. The molecule has 0 amide bonds. The lowest BCUT2D eigenvalue weighted by molar-refractivity contribution is 0.0398. The molecule has 0 bridgehead atoms. The number of ether oxygens (including phenoxy) is 2. The first-order valence-corrected chi connectivity index (χ1v) is 11.0. The van der Waals surface area contributed by atoms with Crippen molar-refractivity contribution in [2.45, 2.75) is 19.9 Å². The molecule has 2 fully saturated rings. The fraction of sp³-hybridized carbons (Fsp3) is 0.750. The van der Waals surface area contributed by atoms with E-state index >= 15 is 0 Å². The first-order valence-electron chi connectivity index (χ1n) is 11.0. The van der Waals surface area contributed by atoms with Crippen molar-refractivity contribution in [3.8, 4) is 0 Å². The summed E-state index contributed by atoms with van der Waals surface area (Å²) >= 11 is 0. The summed E-state index contributed by atoms with van der Waals surface area (Å²) in [6.07, 6.45) is 1.86. The average molecular weight is 419 g/mol. The van der Waals surface area contributed by atoms with Gasteiger partial charge in [0.1, 0.15) is 0 Å². The van der Waals surface area contributed by atoms with Gasteiger partial charge in [-0.05, 0) is 13.8 Å². The molecule has 2 aromatic rings. The maximum absolute atomic E-state index is 5.43. The van der Waals surface area contributed by atoms with E-state index in [0.717, 1.165) is 95.8 Å². The second kappa shape index (κ2) is 10.3. The van der Waals surface area contributed by atoms with Gasteiger partial charge in [0.05, 0.1) is 32.8 Å². The molecule has 10 nitrogen and oxygen atoms in total. The number of hydrogen-bond donors (Lipinski definition) is 2. The zero-order valence-corrected chi connectivity index (χ0v) is 18.1. The van der Waals surface area contributed by atoms with Crippen molar-refractivity contribution in [1.29, 1.82) is 0 Å². The third kappa shape index (κ3) is 5.37. The predicted octanol–water partition coefficient (Wildman–Crippen LogP) is 0.895. The minimum atomic E-state index is 0.285. The SMILES string of the molecule is CC(C)n1cnc2c(NCCN3CCOCC3)nc(NCCN3CCOCC3)nc21. The summed E-state index contributed by atoms with van der Waals surface area (Å²) in [7, 11) is 0. The molecule has 2 aromatic heterocycles. The largest absolute Gasteiger partial charge is 0.379 e. The molecule has 0 aliphatic carbocycles. The van der Waals surface area contributed by atoms with E-state index in [-0.39, 0.29) is 6.04 Å². The second-order valence-electron chi connectivity index (χ2n) is 8.08. The van der Waals surface area contributed by atoms with Crippen LogP contribution < -0.4 is 10.6 Å². The number of morpholine rings is 2. The summed E-state index contributed by atoms with van der Waals surface area (Å²) < 4.78 is 12.9. The Morgan fingerprint density at radius 3 is 2.10 bits per heavy atom. The van der Waals surface area contributed by atoms with Crippen LogP contribution in [0.2, 0.25) is 0 Å². The van der Waals surface area contributed by atoms with Crippen molar-refractivity contribution >= 4 is 22.9 Å². The topological polar surface area (TPSA) is 92.6 Å². The maximum atomic E-state index is 5.43. The molecular formula is C20H34N8O2. The van der Waals surface area contributed by atoms with Gasteiger partial charge < -0.3 is 24.7 Å². The molecule has 0 spiro atoms. The number of imidazole rings is 1. The normalized spacial score (nSPS) is 18.9. The Balaban J connectivity index is 1.43. The van der Waals surface area contributed by atoms with Gasteiger partial charge >= 0.3 is 0 Å². The Labute approximate surface area is 178 Å². The van der Waals surface area contributed by atoms with Crippen LogP contribution in [-0.2, 0) is 9.47 Å². The Bertz CT molecular complexity index is 799. The van der Waals surface area contributed by atoms with Crippen molar-refractivity contribution in [1.82, 2.24) is 29.3 Å². The first-order chi connectivity index (χ1) is 14.7. The molecule has 2 aliphatic rings. The molecule has 0 unspecified atom stereocenters. The van der Waals surface area contributed by atoms with Gasteiger partial charge in [0.2, 0.25) is 5.95 Å². The van der Waals surface area contributed by atoms with Crippen LogP contribution in [0, 0.1) is 0 Å². The standard InChI is InChI=1S/C20H34N8O2/c1-16(2)28-15-23-17-18(21-3-5-26-7-11-29-12-8-26)24-20(25-19(17)28)22-4-6-27-9-13-30-14-10-27/h15-16H,3-14H2,1-2H3,(H2,21,22,24,25). The van der Waals surface area contributed by atoms with Crippen LogP contribution in [0.1, 0.15) is 19.9 Å². The van der Waals surface area contributed by atoms with Crippen molar-refractivity contribution in [2.75, 3.05) is 89.4 Å². The van der Waals surface area contributed by atoms with Gasteiger partial charge in [-0.15, -0.1) is 0 Å². The van der Waals surface area contributed by atoms with Crippen LogP contribution in [0.5, 0.6) is 0 Å². The summed E-state index contributed by atoms with van der Waals surface area (Å²) in [6.45, 7) is 15.0. The number of nitrogens with one attached hydrogen (secondary N) is 2. The van der Waals surface area contributed by atoms with Gasteiger partial charge in [-0.25, -0.2) is 4.98 Å². The van der Waals surface area contributed by atoms with Crippen LogP contribution in [0.4, 0.5) is 11.8 Å². The monoisotopic (exact) mass is 418 g/mol. The van der Waals surface area contributed by atoms with Gasteiger partial charge in [-0.1, -0.05) is 0 Å².